The van der Waals surface area contributed by atoms with Crippen molar-refractivity contribution in [2.24, 2.45) is 17.8 Å². The van der Waals surface area contributed by atoms with Gasteiger partial charge < -0.3 is 9.84 Å². The smallest absolute Gasteiger partial charge is 0.238 e. The predicted molar refractivity (Wildman–Crippen MR) is 73.8 cm³/mol. The average Bonchev–Trinajstić information content (AvgIpc) is 2.38. The Morgan fingerprint density at radius 1 is 1.32 bits per heavy atom. The first-order valence-corrected chi connectivity index (χ1v) is 7.07. The third-order valence-corrected chi connectivity index (χ3v) is 4.32. The molecule has 106 valence electrons. The number of hydrogen-bond donors (Lipinski definition) is 1. The molecule has 0 aliphatic heterocycles. The zero-order chi connectivity index (χ0) is 14.0. The zero-order valence-corrected chi connectivity index (χ0v) is 12.3. The van der Waals surface area contributed by atoms with Crippen molar-refractivity contribution in [1.29, 1.82) is 0 Å². The fraction of sp³-hybridized carbons (Fsp3) is 0.733. The maximum atomic E-state index is 11.3. The van der Waals surface area contributed by atoms with Gasteiger partial charge in [0.25, 0.3) is 0 Å². The molecule has 1 aromatic rings. The van der Waals surface area contributed by atoms with Crippen molar-refractivity contribution in [3.63, 3.8) is 0 Å². The molecule has 19 heavy (non-hydrogen) atoms. The molecule has 0 radical (unpaired) electrons. The van der Waals surface area contributed by atoms with Crippen molar-refractivity contribution in [1.82, 2.24) is 9.97 Å². The topological polar surface area (TPSA) is 55.2 Å². The van der Waals surface area contributed by atoms with Gasteiger partial charge in [-0.25, -0.2) is 4.98 Å². The van der Waals surface area contributed by atoms with Gasteiger partial charge in [0.2, 0.25) is 5.88 Å². The minimum atomic E-state index is -0.925. The Balaban J connectivity index is 2.46. The molecule has 1 aromatic heterocycles. The van der Waals surface area contributed by atoms with Crippen LogP contribution in [0.4, 0.5) is 0 Å². The van der Waals surface area contributed by atoms with Crippen LogP contribution in [0.3, 0.4) is 0 Å². The summed E-state index contributed by atoms with van der Waals surface area (Å²) >= 11 is 0. The number of nitrogens with zero attached hydrogens (tertiary/aromatic N) is 2. The lowest BCUT2D eigenvalue weighted by molar-refractivity contribution is -0.0913. The molecule has 1 aliphatic carbocycles. The highest BCUT2D eigenvalue weighted by Gasteiger charge is 2.47. The van der Waals surface area contributed by atoms with Crippen molar-refractivity contribution < 1.29 is 9.84 Å². The second-order valence-electron chi connectivity index (χ2n) is 6.08. The average molecular weight is 264 g/mol. The first-order valence-electron chi connectivity index (χ1n) is 7.07. The Labute approximate surface area is 115 Å². The standard InChI is InChI=1S/C15H24N2O2/c1-10(2)12-6-5-11(3)9-15(12,18)13-14(19-4)17-8-7-16-13/h7-8,10-12,18H,5-6,9H2,1-4H3. The molecule has 4 heteroatoms. The minimum absolute atomic E-state index is 0.203. The van der Waals surface area contributed by atoms with Gasteiger partial charge in [0, 0.05) is 12.4 Å². The van der Waals surface area contributed by atoms with Crippen LogP contribution in [0, 0.1) is 17.8 Å². The SMILES string of the molecule is COc1nccnc1C1(O)CC(C)CCC1C(C)C. The molecule has 1 aliphatic rings. The summed E-state index contributed by atoms with van der Waals surface area (Å²) in [5, 5.41) is 11.3. The summed E-state index contributed by atoms with van der Waals surface area (Å²) in [5.41, 5.74) is -0.325. The summed E-state index contributed by atoms with van der Waals surface area (Å²) in [6, 6.07) is 0. The highest BCUT2D eigenvalue weighted by atomic mass is 16.5. The Bertz CT molecular complexity index is 436. The molecule has 1 fully saturated rings. The number of aromatic nitrogens is 2. The maximum absolute atomic E-state index is 11.3. The van der Waals surface area contributed by atoms with Crippen LogP contribution in [0.25, 0.3) is 0 Å². The molecule has 0 aromatic carbocycles. The van der Waals surface area contributed by atoms with Gasteiger partial charge in [-0.2, -0.15) is 0 Å². The van der Waals surface area contributed by atoms with E-state index < -0.39 is 5.60 Å². The van der Waals surface area contributed by atoms with Crippen molar-refractivity contribution >= 4 is 0 Å². The van der Waals surface area contributed by atoms with Gasteiger partial charge in [-0.1, -0.05) is 27.2 Å². The van der Waals surface area contributed by atoms with Crippen molar-refractivity contribution in [2.45, 2.75) is 45.6 Å². The van der Waals surface area contributed by atoms with Gasteiger partial charge in [0.1, 0.15) is 11.3 Å². The molecule has 3 unspecified atom stereocenters. The Morgan fingerprint density at radius 2 is 2.00 bits per heavy atom. The zero-order valence-electron chi connectivity index (χ0n) is 12.3. The van der Waals surface area contributed by atoms with Gasteiger partial charge in [-0.3, -0.25) is 4.98 Å². The third kappa shape index (κ3) is 2.59. The lowest BCUT2D eigenvalue weighted by Gasteiger charge is -2.44. The number of ether oxygens (including phenoxy) is 1. The summed E-state index contributed by atoms with van der Waals surface area (Å²) < 4.78 is 5.29. The summed E-state index contributed by atoms with van der Waals surface area (Å²) in [6.45, 7) is 6.51. The van der Waals surface area contributed by atoms with E-state index >= 15 is 0 Å². The Morgan fingerprint density at radius 3 is 2.63 bits per heavy atom. The van der Waals surface area contributed by atoms with E-state index in [2.05, 4.69) is 30.7 Å². The van der Waals surface area contributed by atoms with Crippen LogP contribution < -0.4 is 4.74 Å². The summed E-state index contributed by atoms with van der Waals surface area (Å²) in [7, 11) is 1.58. The van der Waals surface area contributed by atoms with Crippen LogP contribution in [0.5, 0.6) is 5.88 Å². The van der Waals surface area contributed by atoms with Crippen LogP contribution >= 0.6 is 0 Å². The third-order valence-electron chi connectivity index (χ3n) is 4.32. The second-order valence-corrected chi connectivity index (χ2v) is 6.08. The fourth-order valence-electron chi connectivity index (χ4n) is 3.42. The van der Waals surface area contributed by atoms with E-state index in [1.54, 1.807) is 19.5 Å². The van der Waals surface area contributed by atoms with E-state index in [0.717, 1.165) is 19.3 Å². The maximum Gasteiger partial charge on any atom is 0.238 e. The molecule has 0 amide bonds. The highest BCUT2D eigenvalue weighted by Crippen LogP contribution is 2.48. The normalized spacial score (nSPS) is 31.5. The van der Waals surface area contributed by atoms with E-state index in [-0.39, 0.29) is 5.92 Å². The molecule has 3 atom stereocenters. The van der Waals surface area contributed by atoms with Gasteiger partial charge in [-0.05, 0) is 30.6 Å². The van der Waals surface area contributed by atoms with Gasteiger partial charge in [0.15, 0.2) is 0 Å². The van der Waals surface area contributed by atoms with Gasteiger partial charge in [0.05, 0.1) is 7.11 Å². The molecule has 2 rings (SSSR count). The van der Waals surface area contributed by atoms with Crippen molar-refractivity contribution in [3.8, 4) is 5.88 Å². The molecule has 1 saturated carbocycles. The number of rotatable bonds is 3. The first-order chi connectivity index (χ1) is 8.99. The summed E-state index contributed by atoms with van der Waals surface area (Å²) in [5.74, 6) is 1.55. The summed E-state index contributed by atoms with van der Waals surface area (Å²) in [4.78, 5) is 8.57. The van der Waals surface area contributed by atoms with E-state index in [1.165, 1.54) is 0 Å². The monoisotopic (exact) mass is 264 g/mol. The largest absolute Gasteiger partial charge is 0.480 e. The molecule has 0 saturated heterocycles. The number of aliphatic hydroxyl groups is 1. The van der Waals surface area contributed by atoms with Crippen molar-refractivity contribution in [3.05, 3.63) is 18.1 Å². The Hall–Kier alpha value is -1.16. The van der Waals surface area contributed by atoms with Crippen LogP contribution in [0.1, 0.15) is 45.7 Å². The van der Waals surface area contributed by atoms with Crippen LogP contribution in [0.15, 0.2) is 12.4 Å². The molecule has 4 nitrogen and oxygen atoms in total. The lowest BCUT2D eigenvalue weighted by atomic mass is 9.65. The Kier molecular flexibility index (Phi) is 4.09. The van der Waals surface area contributed by atoms with E-state index in [0.29, 0.717) is 23.4 Å². The van der Waals surface area contributed by atoms with Crippen molar-refractivity contribution in [2.75, 3.05) is 7.11 Å². The van der Waals surface area contributed by atoms with Crippen LogP contribution in [-0.2, 0) is 5.60 Å². The van der Waals surface area contributed by atoms with E-state index in [1.807, 2.05) is 0 Å². The highest BCUT2D eigenvalue weighted by molar-refractivity contribution is 5.26. The minimum Gasteiger partial charge on any atom is -0.480 e. The molecular formula is C15H24N2O2. The first kappa shape index (κ1) is 14.3. The fourth-order valence-corrected chi connectivity index (χ4v) is 3.42. The number of hydrogen-bond acceptors (Lipinski definition) is 4. The van der Waals surface area contributed by atoms with Crippen LogP contribution in [-0.4, -0.2) is 22.2 Å². The molecule has 0 bridgehead atoms. The second kappa shape index (κ2) is 5.45. The molecule has 1 N–H and O–H groups in total. The van der Waals surface area contributed by atoms with Crippen LogP contribution in [0.2, 0.25) is 0 Å². The van der Waals surface area contributed by atoms with Gasteiger partial charge in [-0.15, -0.1) is 0 Å². The quantitative estimate of drug-likeness (QED) is 0.912. The van der Waals surface area contributed by atoms with E-state index in [4.69, 9.17) is 4.74 Å². The predicted octanol–water partition coefficient (Wildman–Crippen LogP) is 2.77. The van der Waals surface area contributed by atoms with E-state index in [9.17, 15) is 5.11 Å². The molecular weight excluding hydrogens is 240 g/mol. The van der Waals surface area contributed by atoms with Gasteiger partial charge >= 0.3 is 0 Å². The lowest BCUT2D eigenvalue weighted by Crippen LogP contribution is -2.44. The molecule has 1 heterocycles. The number of methoxy groups -OCH3 is 1. The summed E-state index contributed by atoms with van der Waals surface area (Å²) in [6.07, 6.45) is 6.14. The molecule has 0 spiro atoms.